The van der Waals surface area contributed by atoms with Crippen LogP contribution in [0.5, 0.6) is 0 Å². The summed E-state index contributed by atoms with van der Waals surface area (Å²) in [5, 5.41) is 0. The molecule has 1 aromatic carbocycles. The Hall–Kier alpha value is -1.18. The quantitative estimate of drug-likeness (QED) is 0.696. The number of hydrogen-bond donors (Lipinski definition) is 0. The van der Waals surface area contributed by atoms with Gasteiger partial charge in [-0.3, -0.25) is 9.59 Å². The first kappa shape index (κ1) is 15.7. The second-order valence-electron chi connectivity index (χ2n) is 5.87. The van der Waals surface area contributed by atoms with Crippen LogP contribution in [0.15, 0.2) is 18.2 Å². The molecule has 0 unspecified atom stereocenters. The van der Waals surface area contributed by atoms with Gasteiger partial charge in [0.05, 0.1) is 5.56 Å². The molecule has 1 saturated carbocycles. The van der Waals surface area contributed by atoms with E-state index in [0.717, 1.165) is 19.3 Å². The third-order valence-corrected chi connectivity index (χ3v) is 5.39. The zero-order valence-electron chi connectivity index (χ0n) is 12.2. The van der Waals surface area contributed by atoms with Crippen LogP contribution in [-0.2, 0) is 4.79 Å². The molecule has 4 nitrogen and oxygen atoms in total. The van der Waals surface area contributed by atoms with Gasteiger partial charge in [0.1, 0.15) is 5.82 Å². The van der Waals surface area contributed by atoms with Crippen LogP contribution in [0.25, 0.3) is 0 Å². The molecule has 1 aliphatic carbocycles. The van der Waals surface area contributed by atoms with Gasteiger partial charge in [-0.05, 0) is 53.6 Å². The summed E-state index contributed by atoms with van der Waals surface area (Å²) >= 11 is 1.98. The van der Waals surface area contributed by atoms with Crippen molar-refractivity contribution >= 4 is 34.4 Å². The fourth-order valence-electron chi connectivity index (χ4n) is 2.88. The minimum Gasteiger partial charge on any atom is -0.339 e. The van der Waals surface area contributed by atoms with Crippen molar-refractivity contribution in [2.75, 3.05) is 26.2 Å². The normalized spacial score (nSPS) is 19.0. The Kier molecular flexibility index (Phi) is 4.65. The van der Waals surface area contributed by atoms with Gasteiger partial charge >= 0.3 is 0 Å². The topological polar surface area (TPSA) is 40.6 Å². The smallest absolute Gasteiger partial charge is 0.255 e. The number of amides is 2. The highest BCUT2D eigenvalue weighted by molar-refractivity contribution is 14.1. The van der Waals surface area contributed by atoms with Crippen molar-refractivity contribution in [1.82, 2.24) is 9.80 Å². The van der Waals surface area contributed by atoms with Crippen molar-refractivity contribution < 1.29 is 14.0 Å². The fourth-order valence-corrected chi connectivity index (χ4v) is 3.58. The number of rotatable bonds is 2. The summed E-state index contributed by atoms with van der Waals surface area (Å²) in [5.41, 5.74) is 0.528. The summed E-state index contributed by atoms with van der Waals surface area (Å²) in [4.78, 5) is 28.3. The molecule has 0 radical (unpaired) electrons. The largest absolute Gasteiger partial charge is 0.339 e. The maximum absolute atomic E-state index is 13.1. The predicted octanol–water partition coefficient (Wildman–Crippen LogP) is 2.51. The number of nitrogens with zero attached hydrogens (tertiary/aromatic N) is 2. The minimum atomic E-state index is -0.336. The van der Waals surface area contributed by atoms with Gasteiger partial charge in [-0.2, -0.15) is 0 Å². The third-order valence-electron chi connectivity index (χ3n) is 4.49. The van der Waals surface area contributed by atoms with Gasteiger partial charge in [0.15, 0.2) is 0 Å². The molecule has 0 N–H and O–H groups in total. The Morgan fingerprint density at radius 1 is 1.09 bits per heavy atom. The van der Waals surface area contributed by atoms with Gasteiger partial charge in [0, 0.05) is 35.7 Å². The highest BCUT2D eigenvalue weighted by atomic mass is 127. The van der Waals surface area contributed by atoms with Crippen LogP contribution in [-0.4, -0.2) is 47.8 Å². The van der Waals surface area contributed by atoms with Crippen LogP contribution in [0.3, 0.4) is 0 Å². The Morgan fingerprint density at radius 2 is 1.73 bits per heavy atom. The standard InChI is InChI=1S/C16H18FIN2O2/c17-12-4-5-13(14(18)10-12)16(22)20-8-6-19(7-9-20)15(21)11-2-1-3-11/h4-5,10-11H,1-3,6-9H2. The van der Waals surface area contributed by atoms with Gasteiger partial charge in [0.25, 0.3) is 5.91 Å². The minimum absolute atomic E-state index is 0.0832. The lowest BCUT2D eigenvalue weighted by molar-refractivity contribution is -0.139. The van der Waals surface area contributed by atoms with Gasteiger partial charge in [-0.1, -0.05) is 6.42 Å². The average Bonchev–Trinajstić information content (AvgIpc) is 2.45. The molecule has 0 spiro atoms. The van der Waals surface area contributed by atoms with E-state index in [9.17, 15) is 14.0 Å². The lowest BCUT2D eigenvalue weighted by atomic mass is 9.84. The molecule has 0 bridgehead atoms. The molecule has 2 amide bonds. The summed E-state index contributed by atoms with van der Waals surface area (Å²) in [6.07, 6.45) is 3.16. The highest BCUT2D eigenvalue weighted by Crippen LogP contribution is 2.28. The van der Waals surface area contributed by atoms with Gasteiger partial charge in [-0.25, -0.2) is 4.39 Å². The highest BCUT2D eigenvalue weighted by Gasteiger charge is 2.32. The average molecular weight is 416 g/mol. The monoisotopic (exact) mass is 416 g/mol. The van der Waals surface area contributed by atoms with E-state index in [1.807, 2.05) is 27.5 Å². The second-order valence-corrected chi connectivity index (χ2v) is 7.03. The maximum atomic E-state index is 13.1. The summed E-state index contributed by atoms with van der Waals surface area (Å²) < 4.78 is 13.8. The van der Waals surface area contributed by atoms with Crippen LogP contribution in [0.2, 0.25) is 0 Å². The molecule has 1 saturated heterocycles. The number of benzene rings is 1. The molecule has 6 heteroatoms. The van der Waals surface area contributed by atoms with Crippen LogP contribution in [0.1, 0.15) is 29.6 Å². The van der Waals surface area contributed by atoms with E-state index in [-0.39, 0.29) is 23.5 Å². The third kappa shape index (κ3) is 3.11. The van der Waals surface area contributed by atoms with Crippen molar-refractivity contribution in [2.24, 2.45) is 5.92 Å². The van der Waals surface area contributed by atoms with Crippen molar-refractivity contribution in [3.63, 3.8) is 0 Å². The number of piperazine rings is 1. The summed E-state index contributed by atoms with van der Waals surface area (Å²) in [6, 6.07) is 4.21. The van der Waals surface area contributed by atoms with E-state index in [1.165, 1.54) is 18.2 Å². The van der Waals surface area contributed by atoms with Crippen LogP contribution in [0, 0.1) is 15.3 Å². The van der Waals surface area contributed by atoms with E-state index in [1.54, 1.807) is 4.90 Å². The van der Waals surface area contributed by atoms with E-state index < -0.39 is 0 Å². The van der Waals surface area contributed by atoms with E-state index in [2.05, 4.69) is 0 Å². The molecular weight excluding hydrogens is 398 g/mol. The molecule has 1 aliphatic heterocycles. The first-order valence-corrected chi connectivity index (χ1v) is 8.67. The van der Waals surface area contributed by atoms with Crippen LogP contribution < -0.4 is 0 Å². The van der Waals surface area contributed by atoms with Crippen LogP contribution in [0.4, 0.5) is 4.39 Å². The lowest BCUT2D eigenvalue weighted by Gasteiger charge is -2.38. The fraction of sp³-hybridized carbons (Fsp3) is 0.500. The Balaban J connectivity index is 1.60. The first-order valence-electron chi connectivity index (χ1n) is 7.59. The second kappa shape index (κ2) is 6.52. The number of hydrogen-bond acceptors (Lipinski definition) is 2. The number of carbonyl (C=O) groups is 2. The maximum Gasteiger partial charge on any atom is 0.255 e. The number of carbonyl (C=O) groups excluding carboxylic acids is 2. The lowest BCUT2D eigenvalue weighted by Crippen LogP contribution is -2.52. The van der Waals surface area contributed by atoms with E-state index in [0.29, 0.717) is 35.3 Å². The van der Waals surface area contributed by atoms with Crippen molar-refractivity contribution in [3.05, 3.63) is 33.1 Å². The SMILES string of the molecule is O=C(c1ccc(F)cc1I)N1CCN(C(=O)C2CCC2)CC1. The first-order chi connectivity index (χ1) is 10.6. The molecule has 1 heterocycles. The zero-order chi connectivity index (χ0) is 15.7. The van der Waals surface area contributed by atoms with Crippen molar-refractivity contribution in [1.29, 1.82) is 0 Å². The molecule has 1 aromatic rings. The Labute approximate surface area is 142 Å². The molecule has 118 valence electrons. The number of halogens is 2. The van der Waals surface area contributed by atoms with Gasteiger partial charge < -0.3 is 9.80 Å². The van der Waals surface area contributed by atoms with Gasteiger partial charge in [-0.15, -0.1) is 0 Å². The Bertz CT molecular complexity index is 596. The molecule has 0 atom stereocenters. The molecule has 2 fully saturated rings. The molecular formula is C16H18FIN2O2. The molecule has 22 heavy (non-hydrogen) atoms. The summed E-state index contributed by atoms with van der Waals surface area (Å²) in [6.45, 7) is 2.28. The van der Waals surface area contributed by atoms with Crippen molar-refractivity contribution in [2.45, 2.75) is 19.3 Å². The Morgan fingerprint density at radius 3 is 2.27 bits per heavy atom. The molecule has 0 aromatic heterocycles. The summed E-state index contributed by atoms with van der Waals surface area (Å²) in [7, 11) is 0. The van der Waals surface area contributed by atoms with E-state index >= 15 is 0 Å². The molecule has 3 rings (SSSR count). The predicted molar refractivity (Wildman–Crippen MR) is 88.9 cm³/mol. The summed E-state index contributed by atoms with van der Waals surface area (Å²) in [5.74, 6) is 0.0343. The van der Waals surface area contributed by atoms with Gasteiger partial charge in [0.2, 0.25) is 5.91 Å². The van der Waals surface area contributed by atoms with Crippen LogP contribution >= 0.6 is 22.6 Å². The molecule has 2 aliphatic rings. The zero-order valence-corrected chi connectivity index (χ0v) is 14.4. The van der Waals surface area contributed by atoms with Crippen molar-refractivity contribution in [3.8, 4) is 0 Å². The van der Waals surface area contributed by atoms with E-state index in [4.69, 9.17) is 0 Å².